The summed E-state index contributed by atoms with van der Waals surface area (Å²) in [6.45, 7) is 3.57. The highest BCUT2D eigenvalue weighted by atomic mass is 16.2. The third kappa shape index (κ3) is 1.70. The third-order valence-electron chi connectivity index (χ3n) is 2.42. The molecule has 0 aliphatic carbocycles. The minimum Gasteiger partial charge on any atom is -0.340 e. The van der Waals surface area contributed by atoms with Crippen LogP contribution in [0.4, 0.5) is 5.69 Å². The van der Waals surface area contributed by atoms with Crippen LogP contribution in [-0.2, 0) is 4.79 Å². The molecule has 2 rings (SSSR count). The van der Waals surface area contributed by atoms with Gasteiger partial charge in [0, 0.05) is 0 Å². The third-order valence-corrected chi connectivity index (χ3v) is 2.42. The van der Waals surface area contributed by atoms with Crippen LogP contribution in [0.2, 0.25) is 0 Å². The summed E-state index contributed by atoms with van der Waals surface area (Å²) in [7, 11) is 0. The van der Waals surface area contributed by atoms with E-state index in [1.54, 1.807) is 19.1 Å². The van der Waals surface area contributed by atoms with E-state index in [9.17, 15) is 9.59 Å². The van der Waals surface area contributed by atoms with Gasteiger partial charge in [-0.3, -0.25) is 9.59 Å². The van der Waals surface area contributed by atoms with E-state index in [1.165, 1.54) is 0 Å². The van der Waals surface area contributed by atoms with Crippen LogP contribution in [0.15, 0.2) is 18.2 Å². The van der Waals surface area contributed by atoms with Gasteiger partial charge in [-0.25, -0.2) is 0 Å². The fourth-order valence-electron chi connectivity index (χ4n) is 1.54. The number of aryl methyl sites for hydroxylation is 1. The molecule has 1 aromatic carbocycles. The fourth-order valence-corrected chi connectivity index (χ4v) is 1.54. The van der Waals surface area contributed by atoms with Crippen molar-refractivity contribution in [2.24, 2.45) is 0 Å². The Morgan fingerprint density at radius 1 is 1.27 bits per heavy atom. The molecule has 4 heteroatoms. The Labute approximate surface area is 87.7 Å². The van der Waals surface area contributed by atoms with Crippen LogP contribution < -0.4 is 10.6 Å². The zero-order valence-electron chi connectivity index (χ0n) is 8.63. The summed E-state index contributed by atoms with van der Waals surface area (Å²) < 4.78 is 0. The smallest absolute Gasteiger partial charge is 0.254 e. The zero-order valence-corrected chi connectivity index (χ0v) is 8.63. The average Bonchev–Trinajstić information content (AvgIpc) is 2.28. The Morgan fingerprint density at radius 3 is 2.73 bits per heavy atom. The molecule has 1 aliphatic rings. The van der Waals surface area contributed by atoms with E-state index in [0.29, 0.717) is 11.3 Å². The molecule has 1 unspecified atom stereocenters. The van der Waals surface area contributed by atoms with E-state index in [4.69, 9.17) is 0 Å². The maximum atomic E-state index is 11.7. The van der Waals surface area contributed by atoms with Crippen molar-refractivity contribution in [3.63, 3.8) is 0 Å². The molecule has 78 valence electrons. The van der Waals surface area contributed by atoms with Gasteiger partial charge in [0.05, 0.1) is 11.3 Å². The van der Waals surface area contributed by atoms with Gasteiger partial charge in [-0.1, -0.05) is 11.6 Å². The van der Waals surface area contributed by atoms with Crippen LogP contribution >= 0.6 is 0 Å². The van der Waals surface area contributed by atoms with Gasteiger partial charge in [0.1, 0.15) is 6.04 Å². The monoisotopic (exact) mass is 204 g/mol. The number of rotatable bonds is 0. The number of nitrogens with one attached hydrogen (secondary N) is 2. The van der Waals surface area contributed by atoms with Gasteiger partial charge in [-0.05, 0) is 26.0 Å². The molecule has 0 fully saturated rings. The largest absolute Gasteiger partial charge is 0.340 e. The van der Waals surface area contributed by atoms with Crippen LogP contribution in [0.3, 0.4) is 0 Å². The quantitative estimate of drug-likeness (QED) is 0.664. The van der Waals surface area contributed by atoms with Crippen molar-refractivity contribution < 1.29 is 9.59 Å². The first-order valence-electron chi connectivity index (χ1n) is 4.80. The molecule has 1 atom stereocenters. The van der Waals surface area contributed by atoms with Crippen molar-refractivity contribution in [3.8, 4) is 0 Å². The Kier molecular flexibility index (Phi) is 2.19. The first-order chi connectivity index (χ1) is 7.08. The number of benzene rings is 1. The Balaban J connectivity index is 2.51. The summed E-state index contributed by atoms with van der Waals surface area (Å²) in [6, 6.07) is 4.89. The van der Waals surface area contributed by atoms with Crippen LogP contribution in [0.1, 0.15) is 22.8 Å². The highest BCUT2D eigenvalue weighted by Gasteiger charge is 2.24. The van der Waals surface area contributed by atoms with Gasteiger partial charge in [0.15, 0.2) is 0 Å². The molecule has 1 heterocycles. The number of hydrogen-bond donors (Lipinski definition) is 2. The highest BCUT2D eigenvalue weighted by Crippen LogP contribution is 2.19. The van der Waals surface area contributed by atoms with Crippen LogP contribution in [0, 0.1) is 6.92 Å². The highest BCUT2D eigenvalue weighted by molar-refractivity contribution is 6.09. The van der Waals surface area contributed by atoms with E-state index in [1.807, 2.05) is 13.0 Å². The Hall–Kier alpha value is -1.84. The molecule has 0 spiro atoms. The van der Waals surface area contributed by atoms with Gasteiger partial charge in [-0.2, -0.15) is 0 Å². The van der Waals surface area contributed by atoms with E-state index in [0.717, 1.165) is 5.56 Å². The summed E-state index contributed by atoms with van der Waals surface area (Å²) >= 11 is 0. The summed E-state index contributed by atoms with van der Waals surface area (Å²) in [5.74, 6) is -0.398. The van der Waals surface area contributed by atoms with Crippen LogP contribution in [-0.4, -0.2) is 17.9 Å². The van der Waals surface area contributed by atoms with Crippen molar-refractivity contribution in [3.05, 3.63) is 29.3 Å². The van der Waals surface area contributed by atoms with Crippen molar-refractivity contribution in [1.29, 1.82) is 0 Å². The minimum absolute atomic E-state index is 0.189. The average molecular weight is 204 g/mol. The molecule has 0 saturated carbocycles. The molecule has 4 nitrogen and oxygen atoms in total. The predicted octanol–water partition coefficient (Wildman–Crippen LogP) is 1.07. The maximum Gasteiger partial charge on any atom is 0.254 e. The molecule has 2 N–H and O–H groups in total. The van der Waals surface area contributed by atoms with E-state index in [-0.39, 0.29) is 11.8 Å². The molecule has 0 radical (unpaired) electrons. The molecule has 15 heavy (non-hydrogen) atoms. The number of fused-ring (bicyclic) bond motifs is 1. The van der Waals surface area contributed by atoms with Crippen molar-refractivity contribution in [1.82, 2.24) is 5.32 Å². The molecular weight excluding hydrogens is 192 g/mol. The number of carbonyl (C=O) groups is 2. The van der Waals surface area contributed by atoms with Gasteiger partial charge >= 0.3 is 0 Å². The number of carbonyl (C=O) groups excluding carboxylic acids is 2. The summed E-state index contributed by atoms with van der Waals surface area (Å²) in [4.78, 5) is 23.2. The van der Waals surface area contributed by atoms with E-state index < -0.39 is 6.04 Å². The van der Waals surface area contributed by atoms with Crippen LogP contribution in [0.5, 0.6) is 0 Å². The van der Waals surface area contributed by atoms with Crippen molar-refractivity contribution in [2.45, 2.75) is 19.9 Å². The van der Waals surface area contributed by atoms with E-state index in [2.05, 4.69) is 10.6 Å². The van der Waals surface area contributed by atoms with Crippen molar-refractivity contribution >= 4 is 17.5 Å². The maximum absolute atomic E-state index is 11.7. The molecule has 1 aromatic rings. The molecule has 2 amide bonds. The zero-order chi connectivity index (χ0) is 11.0. The fraction of sp³-hybridized carbons (Fsp3) is 0.273. The lowest BCUT2D eigenvalue weighted by Crippen LogP contribution is -2.38. The molecule has 1 aliphatic heterocycles. The van der Waals surface area contributed by atoms with Gasteiger partial charge < -0.3 is 10.6 Å². The molecule has 0 aromatic heterocycles. The minimum atomic E-state index is -0.495. The molecular formula is C11H12N2O2. The summed E-state index contributed by atoms with van der Waals surface area (Å²) in [5.41, 5.74) is 2.09. The summed E-state index contributed by atoms with van der Waals surface area (Å²) in [6.07, 6.45) is 0. The Bertz CT molecular complexity index is 440. The second kappa shape index (κ2) is 3.38. The lowest BCUT2D eigenvalue weighted by atomic mass is 10.1. The van der Waals surface area contributed by atoms with Crippen molar-refractivity contribution in [2.75, 3.05) is 5.32 Å². The van der Waals surface area contributed by atoms with Gasteiger partial charge in [0.25, 0.3) is 5.91 Å². The normalized spacial score (nSPS) is 20.0. The lowest BCUT2D eigenvalue weighted by molar-refractivity contribution is -0.117. The standard InChI is InChI=1S/C11H12N2O2/c1-6-3-4-9-8(5-6)11(15)12-7(2)10(14)13-9/h3-5,7H,1-2H3,(H,12,15)(H,13,14). The number of amides is 2. The second-order valence-corrected chi connectivity index (χ2v) is 3.73. The topological polar surface area (TPSA) is 58.2 Å². The predicted molar refractivity (Wildman–Crippen MR) is 56.7 cm³/mol. The van der Waals surface area contributed by atoms with E-state index >= 15 is 0 Å². The summed E-state index contributed by atoms with van der Waals surface area (Å²) in [5, 5.41) is 5.33. The first-order valence-corrected chi connectivity index (χ1v) is 4.80. The number of hydrogen-bond acceptors (Lipinski definition) is 2. The van der Waals surface area contributed by atoms with Gasteiger partial charge in [-0.15, -0.1) is 0 Å². The molecule has 0 saturated heterocycles. The van der Waals surface area contributed by atoms with Gasteiger partial charge in [0.2, 0.25) is 5.91 Å². The second-order valence-electron chi connectivity index (χ2n) is 3.73. The Morgan fingerprint density at radius 2 is 2.00 bits per heavy atom. The molecule has 0 bridgehead atoms. The first kappa shape index (κ1) is 9.71. The SMILES string of the molecule is Cc1ccc2c(c1)C(=O)NC(C)C(=O)N2. The lowest BCUT2D eigenvalue weighted by Gasteiger charge is -2.06. The number of anilines is 1. The van der Waals surface area contributed by atoms with Crippen LogP contribution in [0.25, 0.3) is 0 Å².